The van der Waals surface area contributed by atoms with Crippen molar-refractivity contribution in [2.75, 3.05) is 31.8 Å². The maximum atomic E-state index is 15.1. The summed E-state index contributed by atoms with van der Waals surface area (Å²) in [5.41, 5.74) is -4.95. The van der Waals surface area contributed by atoms with Gasteiger partial charge < -0.3 is 29.9 Å². The molecule has 1 aromatic heterocycles. The van der Waals surface area contributed by atoms with Gasteiger partial charge in [-0.3, -0.25) is 14.4 Å². The van der Waals surface area contributed by atoms with Gasteiger partial charge >= 0.3 is 6.09 Å². The van der Waals surface area contributed by atoms with E-state index < -0.39 is 83.5 Å². The lowest BCUT2D eigenvalue weighted by Crippen LogP contribution is -2.61. The lowest BCUT2D eigenvalue weighted by Gasteiger charge is -2.39. The van der Waals surface area contributed by atoms with Crippen LogP contribution in [0.25, 0.3) is 0 Å². The molecule has 15 heteroatoms. The van der Waals surface area contributed by atoms with Gasteiger partial charge in [0.2, 0.25) is 17.4 Å². The number of alkyl halides is 3. The third kappa shape index (κ3) is 4.74. The number of piperidine rings is 1. The van der Waals surface area contributed by atoms with Gasteiger partial charge in [0.25, 0.3) is 5.91 Å². The van der Waals surface area contributed by atoms with Crippen LogP contribution in [0.4, 0.5) is 23.8 Å². The van der Waals surface area contributed by atoms with Crippen LogP contribution in [0.3, 0.4) is 0 Å². The van der Waals surface area contributed by atoms with Crippen molar-refractivity contribution in [3.8, 4) is 11.8 Å². The van der Waals surface area contributed by atoms with Gasteiger partial charge in [-0.2, -0.15) is 5.26 Å². The molecule has 4 fully saturated rings. The molecule has 2 unspecified atom stereocenters. The zero-order valence-corrected chi connectivity index (χ0v) is 25.9. The van der Waals surface area contributed by atoms with Gasteiger partial charge in [0, 0.05) is 24.6 Å². The number of carbonyl (C=O) groups excluding carboxylic acids is 4. The van der Waals surface area contributed by atoms with Gasteiger partial charge in [-0.25, -0.2) is 22.9 Å². The molecule has 5 aliphatic rings. The van der Waals surface area contributed by atoms with Crippen LogP contribution in [0.15, 0.2) is 18.3 Å². The van der Waals surface area contributed by atoms with Crippen LogP contribution in [0.2, 0.25) is 0 Å². The van der Waals surface area contributed by atoms with E-state index in [1.807, 2.05) is 0 Å². The number of anilines is 1. The molecule has 0 radical (unpaired) electrons. The van der Waals surface area contributed by atoms with E-state index in [1.54, 1.807) is 32.9 Å². The Kier molecular flexibility index (Phi) is 7.63. The minimum Gasteiger partial charge on any atom is -0.472 e. The van der Waals surface area contributed by atoms with Crippen molar-refractivity contribution in [2.45, 2.75) is 88.4 Å². The van der Waals surface area contributed by atoms with Crippen molar-refractivity contribution in [3.63, 3.8) is 0 Å². The number of aromatic nitrogens is 1. The molecule has 7 atom stereocenters. The maximum Gasteiger partial charge on any atom is 0.408 e. The van der Waals surface area contributed by atoms with E-state index in [0.29, 0.717) is 6.42 Å². The first-order valence-corrected chi connectivity index (χ1v) is 15.5. The molecule has 4 heterocycles. The molecule has 2 spiro atoms. The Bertz CT molecular complexity index is 1500. The van der Waals surface area contributed by atoms with Gasteiger partial charge in [-0.05, 0) is 49.1 Å². The molecular weight excluding hydrogens is 609 g/mol. The second-order valence-electron chi connectivity index (χ2n) is 14.2. The Morgan fingerprint density at radius 3 is 2.67 bits per heavy atom. The fourth-order valence-electron chi connectivity index (χ4n) is 8.08. The van der Waals surface area contributed by atoms with Crippen molar-refractivity contribution in [2.24, 2.45) is 16.7 Å². The Balaban J connectivity index is 1.33. The Morgan fingerprint density at radius 2 is 2.00 bits per heavy atom. The van der Waals surface area contributed by atoms with E-state index in [4.69, 9.17) is 9.47 Å². The highest BCUT2D eigenvalue weighted by molar-refractivity contribution is 6.03. The Hall–Kier alpha value is -4.09. The molecule has 12 nitrogen and oxygen atoms in total. The summed E-state index contributed by atoms with van der Waals surface area (Å²) in [6, 6.07) is 2.98. The third-order valence-electron chi connectivity index (χ3n) is 10.4. The number of likely N-dealkylation sites (tertiary alicyclic amines) is 2. The van der Waals surface area contributed by atoms with Gasteiger partial charge in [0.1, 0.15) is 37.1 Å². The molecule has 46 heavy (non-hydrogen) atoms. The number of alkyl carbamates (subject to hydrolysis) is 1. The average Bonchev–Trinajstić information content (AvgIpc) is 3.37. The standard InChI is InChI=1S/C31H37F3N6O6/c1-28(2,3)22(37-27(44)45-20(11-32)12-33)24(41)40-14-17-6-7-18(34)9-29(17)15-31(29,40)26(43)39-16-30(10-19(39)13-35)25(42)38-23-21(46-30)5-4-8-36-23/h4-5,8,17-20,22H,6-7,9-12,14-16H2,1-3H3,(H,37,44)(H,36,38,42)/t17?,18-,19+,22-,29-,30-,31?/m1/s1. The van der Waals surface area contributed by atoms with Crippen molar-refractivity contribution < 1.29 is 41.8 Å². The fourth-order valence-corrected chi connectivity index (χ4v) is 8.08. The van der Waals surface area contributed by atoms with Crippen LogP contribution < -0.4 is 15.4 Å². The third-order valence-corrected chi connectivity index (χ3v) is 10.4. The van der Waals surface area contributed by atoms with E-state index in [2.05, 4.69) is 21.7 Å². The van der Waals surface area contributed by atoms with E-state index in [-0.39, 0.29) is 56.3 Å². The maximum absolute atomic E-state index is 15.1. The summed E-state index contributed by atoms with van der Waals surface area (Å²) in [6.07, 6.45) is -1.77. The number of rotatable bonds is 6. The largest absolute Gasteiger partial charge is 0.472 e. The second kappa shape index (κ2) is 11.0. The molecule has 4 amide bonds. The van der Waals surface area contributed by atoms with Gasteiger partial charge in [-0.15, -0.1) is 0 Å². The van der Waals surface area contributed by atoms with Crippen LogP contribution in [0.1, 0.15) is 52.9 Å². The SMILES string of the molecule is CC(C)(C)[C@H](NC(=O)OC(CF)CF)C(=O)N1CC2CC[C@@H](F)C[C@@]23CC13C(=O)N1C[C@@]2(C[C@H]1C#N)Oc1cccnc1NC2=O. The zero-order chi connectivity index (χ0) is 33.2. The molecule has 0 bridgehead atoms. The summed E-state index contributed by atoms with van der Waals surface area (Å²) in [5.74, 6) is -1.50. The minimum atomic E-state index is -1.64. The zero-order valence-electron chi connectivity index (χ0n) is 25.9. The molecule has 2 saturated heterocycles. The quantitative estimate of drug-likeness (QED) is 0.479. The molecule has 1 aromatic rings. The number of pyridine rings is 1. The number of amides is 4. The van der Waals surface area contributed by atoms with Crippen molar-refractivity contribution >= 4 is 29.6 Å². The van der Waals surface area contributed by atoms with Crippen molar-refractivity contribution in [1.29, 1.82) is 5.26 Å². The molecular formula is C31H37F3N6O6. The Labute approximate surface area is 263 Å². The highest BCUT2D eigenvalue weighted by Gasteiger charge is 2.84. The first kappa shape index (κ1) is 31.9. The van der Waals surface area contributed by atoms with Crippen LogP contribution >= 0.6 is 0 Å². The van der Waals surface area contributed by atoms with E-state index in [1.165, 1.54) is 16.0 Å². The molecule has 248 valence electrons. The van der Waals surface area contributed by atoms with Crippen LogP contribution in [0, 0.1) is 28.1 Å². The van der Waals surface area contributed by atoms with Gasteiger partial charge in [0.05, 0.1) is 12.6 Å². The lowest BCUT2D eigenvalue weighted by atomic mass is 9.75. The summed E-state index contributed by atoms with van der Waals surface area (Å²) in [5, 5.41) is 15.3. The summed E-state index contributed by atoms with van der Waals surface area (Å²) in [4.78, 5) is 62.1. The number of fused-ring (bicyclic) bond motifs is 1. The number of ether oxygens (including phenoxy) is 2. The van der Waals surface area contributed by atoms with Crippen LogP contribution in [-0.4, -0.2) is 101 Å². The van der Waals surface area contributed by atoms with Gasteiger partial charge in [-0.1, -0.05) is 20.8 Å². The molecule has 2 N–H and O–H groups in total. The molecule has 2 saturated carbocycles. The van der Waals surface area contributed by atoms with Crippen LogP contribution in [-0.2, 0) is 19.1 Å². The number of hydrogen-bond donors (Lipinski definition) is 2. The summed E-state index contributed by atoms with van der Waals surface area (Å²) in [6.45, 7) is 2.36. The summed E-state index contributed by atoms with van der Waals surface area (Å²) >= 11 is 0. The lowest BCUT2D eigenvalue weighted by molar-refractivity contribution is -0.150. The first-order chi connectivity index (χ1) is 21.7. The van der Waals surface area contributed by atoms with E-state index in [0.717, 1.165) is 0 Å². The number of nitrogens with one attached hydrogen (secondary N) is 2. The van der Waals surface area contributed by atoms with Crippen molar-refractivity contribution in [3.05, 3.63) is 18.3 Å². The highest BCUT2D eigenvalue weighted by atomic mass is 19.1. The van der Waals surface area contributed by atoms with Crippen LogP contribution in [0.5, 0.6) is 5.75 Å². The summed E-state index contributed by atoms with van der Waals surface area (Å²) < 4.78 is 52.2. The van der Waals surface area contributed by atoms with Crippen molar-refractivity contribution in [1.82, 2.24) is 20.1 Å². The smallest absolute Gasteiger partial charge is 0.408 e. The van der Waals surface area contributed by atoms with E-state index >= 15 is 4.39 Å². The number of halogens is 3. The minimum absolute atomic E-state index is 0.0454. The molecule has 6 rings (SSSR count). The molecule has 0 aromatic carbocycles. The average molecular weight is 647 g/mol. The number of nitriles is 1. The highest BCUT2D eigenvalue weighted by Crippen LogP contribution is 2.74. The molecule has 3 aliphatic heterocycles. The van der Waals surface area contributed by atoms with Gasteiger partial charge in [0.15, 0.2) is 17.7 Å². The van der Waals surface area contributed by atoms with E-state index in [9.17, 15) is 33.2 Å². The molecule has 2 aliphatic carbocycles. The summed E-state index contributed by atoms with van der Waals surface area (Å²) in [7, 11) is 0. The number of hydrogen-bond acceptors (Lipinski definition) is 8. The predicted molar refractivity (Wildman–Crippen MR) is 154 cm³/mol. The Morgan fingerprint density at radius 1 is 1.26 bits per heavy atom. The number of carbonyl (C=O) groups is 4. The second-order valence-corrected chi connectivity index (χ2v) is 14.2. The predicted octanol–water partition coefficient (Wildman–Crippen LogP) is 2.83. The first-order valence-electron chi connectivity index (χ1n) is 15.5. The topological polar surface area (TPSA) is 154 Å². The number of nitrogens with zero attached hydrogens (tertiary/aromatic N) is 4. The fraction of sp³-hybridized carbons (Fsp3) is 0.677. The monoisotopic (exact) mass is 646 g/mol. The normalized spacial score (nSPS) is 33.3.